The van der Waals surface area contributed by atoms with E-state index in [0.29, 0.717) is 16.9 Å². The maximum Gasteiger partial charge on any atom is 0.124 e. The molecule has 5 heteroatoms. The minimum Gasteiger partial charge on any atom is -0.353 e. The molecular weight excluding hydrogens is 289 g/mol. The van der Waals surface area contributed by atoms with Crippen LogP contribution in [0.2, 0.25) is 5.02 Å². The number of rotatable bonds is 2. The molecule has 0 aliphatic heterocycles. The number of benzene rings is 2. The van der Waals surface area contributed by atoms with Gasteiger partial charge in [0.2, 0.25) is 0 Å². The van der Waals surface area contributed by atoms with Gasteiger partial charge < -0.3 is 5.32 Å². The predicted octanol–water partition coefficient (Wildman–Crippen LogP) is 4.64. The van der Waals surface area contributed by atoms with Crippen molar-refractivity contribution >= 4 is 33.9 Å². The van der Waals surface area contributed by atoms with E-state index in [4.69, 9.17) is 11.6 Å². The largest absolute Gasteiger partial charge is 0.353 e. The average molecular weight is 298 g/mol. The molecule has 1 aromatic heterocycles. The zero-order valence-corrected chi connectivity index (χ0v) is 11.5. The highest BCUT2D eigenvalue weighted by molar-refractivity contribution is 6.33. The fraction of sp³-hybridized carbons (Fsp3) is 0. The fourth-order valence-corrected chi connectivity index (χ4v) is 2.30. The van der Waals surface area contributed by atoms with Crippen molar-refractivity contribution in [1.29, 1.82) is 5.26 Å². The smallest absolute Gasteiger partial charge is 0.124 e. The van der Waals surface area contributed by atoms with E-state index in [-0.39, 0.29) is 5.02 Å². The zero-order valence-electron chi connectivity index (χ0n) is 10.8. The number of fused-ring (bicyclic) bond motifs is 1. The fourth-order valence-electron chi connectivity index (χ4n) is 2.09. The van der Waals surface area contributed by atoms with E-state index in [1.807, 2.05) is 24.3 Å². The van der Waals surface area contributed by atoms with Gasteiger partial charge in [-0.05, 0) is 24.3 Å². The molecular formula is C16H9ClFN3. The van der Waals surface area contributed by atoms with Gasteiger partial charge in [0.15, 0.2) is 0 Å². The van der Waals surface area contributed by atoms with Crippen LogP contribution in [0.3, 0.4) is 0 Å². The molecule has 3 aromatic rings. The van der Waals surface area contributed by atoms with Crippen LogP contribution in [0.15, 0.2) is 48.7 Å². The zero-order chi connectivity index (χ0) is 14.8. The minimum absolute atomic E-state index is 0.250. The van der Waals surface area contributed by atoms with Gasteiger partial charge in [0, 0.05) is 11.6 Å². The number of hydrogen-bond donors (Lipinski definition) is 1. The van der Waals surface area contributed by atoms with Gasteiger partial charge in [-0.15, -0.1) is 0 Å². The van der Waals surface area contributed by atoms with E-state index in [2.05, 4.69) is 16.4 Å². The van der Waals surface area contributed by atoms with Crippen LogP contribution in [-0.2, 0) is 0 Å². The van der Waals surface area contributed by atoms with Crippen molar-refractivity contribution in [1.82, 2.24) is 4.98 Å². The van der Waals surface area contributed by atoms with Gasteiger partial charge in [0.1, 0.15) is 11.9 Å². The quantitative estimate of drug-likeness (QED) is 0.749. The third-order valence-corrected chi connectivity index (χ3v) is 3.40. The first-order chi connectivity index (χ1) is 10.2. The van der Waals surface area contributed by atoms with E-state index in [9.17, 15) is 9.65 Å². The Balaban J connectivity index is 2.17. The van der Waals surface area contributed by atoms with Crippen LogP contribution in [-0.4, -0.2) is 4.98 Å². The Kier molecular flexibility index (Phi) is 3.43. The summed E-state index contributed by atoms with van der Waals surface area (Å²) in [6.45, 7) is 0. The third-order valence-electron chi connectivity index (χ3n) is 3.09. The Labute approximate surface area is 125 Å². The monoisotopic (exact) mass is 297 g/mol. The number of nitrogens with zero attached hydrogens (tertiary/aromatic N) is 2. The molecule has 0 fully saturated rings. The van der Waals surface area contributed by atoms with Crippen molar-refractivity contribution < 1.29 is 4.39 Å². The molecule has 102 valence electrons. The lowest BCUT2D eigenvalue weighted by atomic mass is 10.1. The van der Waals surface area contributed by atoms with Crippen molar-refractivity contribution in [3.05, 3.63) is 65.1 Å². The Morgan fingerprint density at radius 3 is 2.76 bits per heavy atom. The SMILES string of the molecule is N#Cc1cnc2ccccc2c1Nc1ccc(F)cc1Cl. The van der Waals surface area contributed by atoms with Crippen LogP contribution in [0.5, 0.6) is 0 Å². The number of nitrogens with one attached hydrogen (secondary N) is 1. The summed E-state index contributed by atoms with van der Waals surface area (Å²) < 4.78 is 13.1. The summed E-state index contributed by atoms with van der Waals surface area (Å²) in [5.74, 6) is -0.411. The summed E-state index contributed by atoms with van der Waals surface area (Å²) in [4.78, 5) is 4.24. The molecule has 0 radical (unpaired) electrons. The molecule has 0 saturated carbocycles. The summed E-state index contributed by atoms with van der Waals surface area (Å²) in [6, 6.07) is 13.6. The van der Waals surface area contributed by atoms with E-state index in [1.165, 1.54) is 24.4 Å². The van der Waals surface area contributed by atoms with Crippen molar-refractivity contribution in [3.63, 3.8) is 0 Å². The number of aromatic nitrogens is 1. The van der Waals surface area contributed by atoms with E-state index in [1.54, 1.807) is 0 Å². The maximum absolute atomic E-state index is 13.1. The van der Waals surface area contributed by atoms with Gasteiger partial charge in [-0.3, -0.25) is 4.98 Å². The van der Waals surface area contributed by atoms with Crippen LogP contribution in [0.1, 0.15) is 5.56 Å². The molecule has 0 aliphatic carbocycles. The van der Waals surface area contributed by atoms with E-state index < -0.39 is 5.82 Å². The lowest BCUT2D eigenvalue weighted by Gasteiger charge is -2.12. The second-order valence-electron chi connectivity index (χ2n) is 4.42. The molecule has 0 unspecified atom stereocenters. The molecule has 1 N–H and O–H groups in total. The lowest BCUT2D eigenvalue weighted by molar-refractivity contribution is 0.628. The van der Waals surface area contributed by atoms with Crippen LogP contribution < -0.4 is 5.32 Å². The molecule has 0 saturated heterocycles. The molecule has 1 heterocycles. The number of anilines is 2. The average Bonchev–Trinajstić information content (AvgIpc) is 2.50. The summed E-state index contributed by atoms with van der Waals surface area (Å²) in [7, 11) is 0. The van der Waals surface area contributed by atoms with Crippen LogP contribution >= 0.6 is 11.6 Å². The first-order valence-corrected chi connectivity index (χ1v) is 6.57. The minimum atomic E-state index is -0.411. The van der Waals surface area contributed by atoms with Crippen LogP contribution in [0.25, 0.3) is 10.9 Å². The van der Waals surface area contributed by atoms with Crippen LogP contribution in [0, 0.1) is 17.1 Å². The van der Waals surface area contributed by atoms with Crippen molar-refractivity contribution in [3.8, 4) is 6.07 Å². The van der Waals surface area contributed by atoms with Gasteiger partial charge in [0.05, 0.1) is 27.5 Å². The topological polar surface area (TPSA) is 48.7 Å². The molecule has 3 rings (SSSR count). The summed E-state index contributed by atoms with van der Waals surface area (Å²) >= 11 is 6.03. The van der Waals surface area contributed by atoms with E-state index >= 15 is 0 Å². The molecule has 21 heavy (non-hydrogen) atoms. The molecule has 0 amide bonds. The maximum atomic E-state index is 13.1. The molecule has 0 aliphatic rings. The highest BCUT2D eigenvalue weighted by Crippen LogP contribution is 2.32. The Morgan fingerprint density at radius 1 is 1.19 bits per heavy atom. The number of pyridine rings is 1. The van der Waals surface area contributed by atoms with Gasteiger partial charge in [-0.1, -0.05) is 29.8 Å². The predicted molar refractivity (Wildman–Crippen MR) is 81.2 cm³/mol. The highest BCUT2D eigenvalue weighted by atomic mass is 35.5. The first kappa shape index (κ1) is 13.3. The molecule has 3 nitrogen and oxygen atoms in total. The number of halogens is 2. The molecule has 0 spiro atoms. The molecule has 2 aromatic carbocycles. The third kappa shape index (κ3) is 2.51. The van der Waals surface area contributed by atoms with E-state index in [0.717, 1.165) is 10.9 Å². The van der Waals surface area contributed by atoms with Gasteiger partial charge in [-0.25, -0.2) is 4.39 Å². The normalized spacial score (nSPS) is 10.3. The van der Waals surface area contributed by atoms with Crippen molar-refractivity contribution in [2.75, 3.05) is 5.32 Å². The number of para-hydroxylation sites is 1. The summed E-state index contributed by atoms with van der Waals surface area (Å²) in [5, 5.41) is 13.4. The second-order valence-corrected chi connectivity index (χ2v) is 4.83. The Hall–Kier alpha value is -2.64. The lowest BCUT2D eigenvalue weighted by Crippen LogP contribution is -1.97. The van der Waals surface area contributed by atoms with Gasteiger partial charge in [0.25, 0.3) is 0 Å². The van der Waals surface area contributed by atoms with Crippen molar-refractivity contribution in [2.24, 2.45) is 0 Å². The van der Waals surface area contributed by atoms with Crippen LogP contribution in [0.4, 0.5) is 15.8 Å². The summed E-state index contributed by atoms with van der Waals surface area (Å²) in [5.41, 5.74) is 2.30. The van der Waals surface area contributed by atoms with Gasteiger partial charge >= 0.3 is 0 Å². The van der Waals surface area contributed by atoms with Gasteiger partial charge in [-0.2, -0.15) is 5.26 Å². The summed E-state index contributed by atoms with van der Waals surface area (Å²) in [6.07, 6.45) is 1.50. The first-order valence-electron chi connectivity index (χ1n) is 6.19. The Morgan fingerprint density at radius 2 is 2.00 bits per heavy atom. The number of hydrogen-bond acceptors (Lipinski definition) is 3. The second kappa shape index (κ2) is 5.39. The molecule has 0 atom stereocenters. The highest BCUT2D eigenvalue weighted by Gasteiger charge is 2.10. The molecule has 0 bridgehead atoms. The number of nitriles is 1. The Bertz CT molecular complexity index is 871. The van der Waals surface area contributed by atoms with Crippen molar-refractivity contribution in [2.45, 2.75) is 0 Å². The standard InChI is InChI=1S/C16H9ClFN3/c17-13-7-11(18)5-6-15(13)21-16-10(8-19)9-20-14-4-2-1-3-12(14)16/h1-7,9H,(H,20,21).